The van der Waals surface area contributed by atoms with Crippen molar-refractivity contribution in [2.75, 3.05) is 0 Å². The molecule has 1 N–H and O–H groups in total. The molecule has 0 aromatic rings. The van der Waals surface area contributed by atoms with Crippen molar-refractivity contribution >= 4 is 0 Å². The van der Waals surface area contributed by atoms with Gasteiger partial charge in [-0.05, 0) is 106 Å². The van der Waals surface area contributed by atoms with Gasteiger partial charge in [0.2, 0.25) is 0 Å². The lowest BCUT2D eigenvalue weighted by Gasteiger charge is -2.44. The number of fused-ring (bicyclic) bond motifs is 1. The molecule has 3 rings (SSSR count). The Balaban J connectivity index is 1.68. The first-order chi connectivity index (χ1) is 13.6. The Morgan fingerprint density at radius 2 is 1.97 bits per heavy atom. The third-order valence-corrected chi connectivity index (χ3v) is 8.39. The van der Waals surface area contributed by atoms with E-state index in [-0.39, 0.29) is 6.10 Å². The zero-order chi connectivity index (χ0) is 21.2. The summed E-state index contributed by atoms with van der Waals surface area (Å²) in [4.78, 5) is 0. The second-order valence-electron chi connectivity index (χ2n) is 11.1. The van der Waals surface area contributed by atoms with Crippen LogP contribution in [0.2, 0.25) is 0 Å². The Hall–Kier alpha value is -0.890. The molecular formula is C27H43FO. The minimum Gasteiger partial charge on any atom is -0.388 e. The second kappa shape index (κ2) is 9.08. The first kappa shape index (κ1) is 22.8. The van der Waals surface area contributed by atoms with E-state index in [9.17, 15) is 9.50 Å². The Morgan fingerprint density at radius 3 is 2.69 bits per heavy atom. The number of alkyl halides is 1. The van der Waals surface area contributed by atoms with E-state index in [2.05, 4.69) is 32.6 Å². The molecule has 0 aromatic heterocycles. The Morgan fingerprint density at radius 1 is 1.21 bits per heavy atom. The summed E-state index contributed by atoms with van der Waals surface area (Å²) in [7, 11) is 0. The zero-order valence-corrected chi connectivity index (χ0v) is 19.3. The average Bonchev–Trinajstić information content (AvgIpc) is 2.99. The Labute approximate surface area is 178 Å². The van der Waals surface area contributed by atoms with Crippen LogP contribution in [0.25, 0.3) is 0 Å². The van der Waals surface area contributed by atoms with Crippen LogP contribution in [-0.4, -0.2) is 16.9 Å². The minimum absolute atomic E-state index is 0.351. The lowest BCUT2D eigenvalue weighted by molar-refractivity contribution is 0.0904. The fourth-order valence-electron chi connectivity index (χ4n) is 6.69. The molecule has 0 aromatic carbocycles. The first-order valence-corrected chi connectivity index (χ1v) is 12.1. The van der Waals surface area contributed by atoms with Gasteiger partial charge in [-0.15, -0.1) is 0 Å². The number of halogens is 1. The molecule has 3 fully saturated rings. The van der Waals surface area contributed by atoms with E-state index in [0.29, 0.717) is 23.7 Å². The number of rotatable bonds is 6. The van der Waals surface area contributed by atoms with E-state index in [4.69, 9.17) is 0 Å². The highest BCUT2D eigenvalue weighted by Crippen LogP contribution is 2.60. The van der Waals surface area contributed by atoms with Crippen molar-refractivity contribution in [2.24, 2.45) is 23.2 Å². The molecule has 0 unspecified atom stereocenters. The van der Waals surface area contributed by atoms with Gasteiger partial charge in [-0.2, -0.15) is 0 Å². The molecule has 164 valence electrons. The van der Waals surface area contributed by atoms with E-state index in [1.54, 1.807) is 19.4 Å². The van der Waals surface area contributed by atoms with Gasteiger partial charge in [-0.1, -0.05) is 51.0 Å². The summed E-state index contributed by atoms with van der Waals surface area (Å²) in [5.41, 5.74) is 3.17. The van der Waals surface area contributed by atoms with Gasteiger partial charge in [-0.3, -0.25) is 0 Å². The monoisotopic (exact) mass is 402 g/mol. The molecule has 0 heterocycles. The van der Waals surface area contributed by atoms with Crippen molar-refractivity contribution in [3.05, 3.63) is 35.5 Å². The maximum absolute atomic E-state index is 13.9. The summed E-state index contributed by atoms with van der Waals surface area (Å²) in [6, 6.07) is 0. The molecule has 0 bridgehead atoms. The van der Waals surface area contributed by atoms with Crippen LogP contribution >= 0.6 is 0 Å². The molecule has 3 aliphatic rings. The molecule has 1 nitrogen and oxygen atoms in total. The number of hydrogen-bond donors (Lipinski definition) is 1. The van der Waals surface area contributed by atoms with Crippen LogP contribution in [0, 0.1) is 23.2 Å². The highest BCUT2D eigenvalue weighted by atomic mass is 19.1. The third-order valence-electron chi connectivity index (χ3n) is 8.39. The number of hydrogen-bond acceptors (Lipinski definition) is 1. The fourth-order valence-corrected chi connectivity index (χ4v) is 6.69. The topological polar surface area (TPSA) is 20.2 Å². The van der Waals surface area contributed by atoms with Gasteiger partial charge in [0.05, 0.1) is 6.10 Å². The largest absolute Gasteiger partial charge is 0.388 e. The van der Waals surface area contributed by atoms with Crippen molar-refractivity contribution in [3.63, 3.8) is 0 Å². The molecule has 29 heavy (non-hydrogen) atoms. The van der Waals surface area contributed by atoms with Gasteiger partial charge in [0.1, 0.15) is 5.67 Å². The standard InChI is InChI=1S/C27H43FO/c1-19(9-7-17-26(3,4)28)23-15-16-24-22(11-8-18-27(23,24)5)14-13-21-10-6-12-25(29)20(21)2/h13-14,19,23-25,29H,2,6-12,15-18H2,1,3-5H3/b21-13-,22-14+/t19-,23-,24+,25+,27-/m1/s1. The summed E-state index contributed by atoms with van der Waals surface area (Å²) in [6.45, 7) is 12.5. The van der Waals surface area contributed by atoms with Gasteiger partial charge in [0.25, 0.3) is 0 Å². The quantitative estimate of drug-likeness (QED) is 0.482. The SMILES string of the molecule is C=C1/C(=C\C=C2/CCC[C@]3(C)[C@@H]([C@H](C)CCCC(C)(C)F)CC[C@@H]23)CCC[C@@H]1O. The van der Waals surface area contributed by atoms with Crippen LogP contribution in [0.4, 0.5) is 4.39 Å². The van der Waals surface area contributed by atoms with Crippen LogP contribution < -0.4 is 0 Å². The summed E-state index contributed by atoms with van der Waals surface area (Å²) in [6.07, 6.45) is 16.6. The van der Waals surface area contributed by atoms with E-state index >= 15 is 0 Å². The summed E-state index contributed by atoms with van der Waals surface area (Å²) < 4.78 is 13.9. The van der Waals surface area contributed by atoms with Crippen molar-refractivity contribution < 1.29 is 9.50 Å². The predicted molar refractivity (Wildman–Crippen MR) is 122 cm³/mol. The normalized spacial score (nSPS) is 37.2. The Bertz CT molecular complexity index is 652. The van der Waals surface area contributed by atoms with Crippen LogP contribution in [0.5, 0.6) is 0 Å². The van der Waals surface area contributed by atoms with Gasteiger partial charge in [-0.25, -0.2) is 4.39 Å². The smallest absolute Gasteiger partial charge is 0.105 e. The van der Waals surface area contributed by atoms with E-state index in [1.165, 1.54) is 37.7 Å². The summed E-state index contributed by atoms with van der Waals surface area (Å²) in [5.74, 6) is 2.14. The number of aliphatic hydroxyl groups is 1. The van der Waals surface area contributed by atoms with E-state index in [0.717, 1.165) is 43.6 Å². The zero-order valence-electron chi connectivity index (χ0n) is 19.3. The van der Waals surface area contributed by atoms with E-state index in [1.807, 2.05) is 0 Å². The fraction of sp³-hybridized carbons (Fsp3) is 0.778. The van der Waals surface area contributed by atoms with Crippen LogP contribution in [-0.2, 0) is 0 Å². The second-order valence-corrected chi connectivity index (χ2v) is 11.1. The molecule has 0 saturated heterocycles. The van der Waals surface area contributed by atoms with E-state index < -0.39 is 5.67 Å². The van der Waals surface area contributed by atoms with Crippen LogP contribution in [0.15, 0.2) is 35.5 Å². The van der Waals surface area contributed by atoms with Gasteiger partial charge in [0, 0.05) is 0 Å². The highest BCUT2D eigenvalue weighted by Gasteiger charge is 2.50. The first-order valence-electron chi connectivity index (χ1n) is 12.1. The number of aliphatic hydroxyl groups excluding tert-OH is 1. The van der Waals surface area contributed by atoms with Gasteiger partial charge < -0.3 is 5.11 Å². The van der Waals surface area contributed by atoms with Crippen molar-refractivity contribution in [2.45, 2.75) is 110 Å². The Kier molecular flexibility index (Phi) is 7.14. The lowest BCUT2D eigenvalue weighted by atomic mass is 9.60. The van der Waals surface area contributed by atoms with Crippen LogP contribution in [0.1, 0.15) is 98.3 Å². The highest BCUT2D eigenvalue weighted by molar-refractivity contribution is 5.37. The molecule has 5 atom stereocenters. The van der Waals surface area contributed by atoms with Crippen LogP contribution in [0.3, 0.4) is 0 Å². The van der Waals surface area contributed by atoms with Crippen molar-refractivity contribution in [3.8, 4) is 0 Å². The third kappa shape index (κ3) is 5.24. The summed E-state index contributed by atoms with van der Waals surface area (Å²) in [5, 5.41) is 10.1. The maximum Gasteiger partial charge on any atom is 0.105 e. The van der Waals surface area contributed by atoms with Crippen molar-refractivity contribution in [1.82, 2.24) is 0 Å². The molecule has 3 aliphatic carbocycles. The maximum atomic E-state index is 13.9. The molecule has 0 spiro atoms. The van der Waals surface area contributed by atoms with Crippen molar-refractivity contribution in [1.29, 1.82) is 0 Å². The molecule has 0 amide bonds. The minimum atomic E-state index is -1.03. The molecule has 0 aliphatic heterocycles. The molecule has 0 radical (unpaired) electrons. The lowest BCUT2D eigenvalue weighted by Crippen LogP contribution is -2.36. The molecule has 3 saturated carbocycles. The average molecular weight is 403 g/mol. The van der Waals surface area contributed by atoms with Gasteiger partial charge >= 0.3 is 0 Å². The molecular weight excluding hydrogens is 359 g/mol. The predicted octanol–water partition coefficient (Wildman–Crippen LogP) is 7.71. The summed E-state index contributed by atoms with van der Waals surface area (Å²) >= 11 is 0. The number of allylic oxidation sites excluding steroid dienone is 3. The van der Waals surface area contributed by atoms with Gasteiger partial charge in [0.15, 0.2) is 0 Å². The molecule has 2 heteroatoms.